The largest absolute Gasteiger partial charge is 0.461 e. The van der Waals surface area contributed by atoms with Crippen molar-refractivity contribution in [2.45, 2.75) is 19.8 Å². The zero-order chi connectivity index (χ0) is 13.9. The lowest BCUT2D eigenvalue weighted by Crippen LogP contribution is -2.30. The van der Waals surface area contributed by atoms with Crippen LogP contribution in [0, 0.1) is 17.0 Å². The number of hydrogen-bond donors (Lipinski definition) is 0. The molecule has 0 saturated carbocycles. The van der Waals surface area contributed by atoms with Crippen LogP contribution in [0.25, 0.3) is 0 Å². The Labute approximate surface area is 101 Å². The van der Waals surface area contributed by atoms with Crippen molar-refractivity contribution in [2.75, 3.05) is 6.61 Å². The Kier molecular flexibility index (Phi) is 3.89. The van der Waals surface area contributed by atoms with Gasteiger partial charge in [0.15, 0.2) is 5.69 Å². The molecule has 8 heteroatoms. The maximum atomic E-state index is 13.7. The van der Waals surface area contributed by atoms with Gasteiger partial charge in [0.25, 0.3) is 0 Å². The Morgan fingerprint density at radius 3 is 2.72 bits per heavy atom. The molecule has 0 unspecified atom stereocenters. The van der Waals surface area contributed by atoms with Crippen LogP contribution in [0.3, 0.4) is 0 Å². The summed E-state index contributed by atoms with van der Waals surface area (Å²) in [5.74, 6) is -6.00. The van der Waals surface area contributed by atoms with Gasteiger partial charge in [0, 0.05) is 11.8 Å². The molecular formula is C10H10F2N2O4. The number of hydrogen-bond acceptors (Lipinski definition) is 5. The van der Waals surface area contributed by atoms with E-state index >= 15 is 0 Å². The minimum Gasteiger partial charge on any atom is -0.461 e. The summed E-state index contributed by atoms with van der Waals surface area (Å²) in [4.78, 5) is 24.1. The summed E-state index contributed by atoms with van der Waals surface area (Å²) in [6, 6.07) is 1.21. The van der Waals surface area contributed by atoms with Crippen LogP contribution >= 0.6 is 0 Å². The normalized spacial score (nSPS) is 11.1. The molecule has 0 aliphatic heterocycles. The zero-order valence-corrected chi connectivity index (χ0v) is 9.65. The van der Waals surface area contributed by atoms with Gasteiger partial charge in [-0.1, -0.05) is 0 Å². The first-order chi connectivity index (χ1) is 8.32. The minimum absolute atomic E-state index is 0.00558. The van der Waals surface area contributed by atoms with E-state index in [-0.39, 0.29) is 12.2 Å². The molecule has 1 rings (SSSR count). The fraction of sp³-hybridized carbons (Fsp3) is 0.400. The number of halogens is 2. The number of carbonyl (C=O) groups excluding carboxylic acids is 1. The van der Waals surface area contributed by atoms with E-state index in [4.69, 9.17) is 0 Å². The van der Waals surface area contributed by atoms with Crippen molar-refractivity contribution in [1.82, 2.24) is 4.98 Å². The number of alkyl halides is 2. The highest BCUT2D eigenvalue weighted by Crippen LogP contribution is 2.35. The number of aromatic nitrogens is 1. The van der Waals surface area contributed by atoms with Crippen LogP contribution in [-0.4, -0.2) is 22.5 Å². The lowest BCUT2D eigenvalue weighted by Gasteiger charge is -2.14. The third kappa shape index (κ3) is 2.41. The molecule has 0 radical (unpaired) electrons. The third-order valence-corrected chi connectivity index (χ3v) is 2.14. The number of nitro groups is 1. The summed E-state index contributed by atoms with van der Waals surface area (Å²) in [7, 11) is 0. The van der Waals surface area contributed by atoms with Gasteiger partial charge in [-0.3, -0.25) is 10.1 Å². The fourth-order valence-electron chi connectivity index (χ4n) is 1.33. The smallest absolute Gasteiger partial charge is 0.391 e. The lowest BCUT2D eigenvalue weighted by molar-refractivity contribution is -0.387. The number of carbonyl (C=O) groups is 1. The third-order valence-electron chi connectivity index (χ3n) is 2.14. The topological polar surface area (TPSA) is 82.3 Å². The maximum Gasteiger partial charge on any atom is 0.391 e. The van der Waals surface area contributed by atoms with Crippen molar-refractivity contribution in [3.05, 3.63) is 33.6 Å². The Morgan fingerprint density at radius 1 is 1.61 bits per heavy atom. The molecule has 0 aliphatic carbocycles. The van der Waals surface area contributed by atoms with Crippen LogP contribution in [-0.2, 0) is 15.5 Å². The molecule has 1 heterocycles. The first-order valence-electron chi connectivity index (χ1n) is 4.97. The van der Waals surface area contributed by atoms with Gasteiger partial charge in [0.1, 0.15) is 0 Å². The van der Waals surface area contributed by atoms with E-state index in [1.54, 1.807) is 0 Å². The first-order valence-corrected chi connectivity index (χ1v) is 4.97. The summed E-state index contributed by atoms with van der Waals surface area (Å²) in [5.41, 5.74) is -2.09. The Morgan fingerprint density at radius 2 is 2.22 bits per heavy atom. The van der Waals surface area contributed by atoms with Gasteiger partial charge < -0.3 is 4.74 Å². The second kappa shape index (κ2) is 5.03. The number of aryl methyl sites for hydroxylation is 1. The number of nitrogens with zero attached hydrogens (tertiary/aromatic N) is 2. The quantitative estimate of drug-likeness (QED) is 0.469. The molecule has 0 amide bonds. The summed E-state index contributed by atoms with van der Waals surface area (Å²) in [6.45, 7) is 2.38. The van der Waals surface area contributed by atoms with Crippen molar-refractivity contribution >= 4 is 11.7 Å². The number of ether oxygens (including phenoxy) is 1. The van der Waals surface area contributed by atoms with Crippen molar-refractivity contribution < 1.29 is 23.2 Å². The van der Waals surface area contributed by atoms with Crippen LogP contribution in [0.15, 0.2) is 12.3 Å². The molecule has 0 bridgehead atoms. The van der Waals surface area contributed by atoms with Gasteiger partial charge in [0.2, 0.25) is 0 Å². The molecule has 18 heavy (non-hydrogen) atoms. The molecule has 6 nitrogen and oxygen atoms in total. The second-order valence-corrected chi connectivity index (χ2v) is 3.38. The van der Waals surface area contributed by atoms with Crippen LogP contribution in [0.5, 0.6) is 0 Å². The minimum atomic E-state index is -4.15. The lowest BCUT2D eigenvalue weighted by atomic mass is 10.1. The van der Waals surface area contributed by atoms with Crippen LogP contribution < -0.4 is 0 Å². The summed E-state index contributed by atoms with van der Waals surface area (Å²) >= 11 is 0. The number of pyridine rings is 1. The average Bonchev–Trinajstić information content (AvgIpc) is 2.28. The van der Waals surface area contributed by atoms with Crippen LogP contribution in [0.2, 0.25) is 0 Å². The highest BCUT2D eigenvalue weighted by molar-refractivity contribution is 5.80. The Hall–Kier alpha value is -2.12. The number of esters is 1. The molecule has 0 aromatic carbocycles. The monoisotopic (exact) mass is 260 g/mol. The molecule has 1 aromatic rings. The van der Waals surface area contributed by atoms with E-state index in [2.05, 4.69) is 9.72 Å². The predicted molar refractivity (Wildman–Crippen MR) is 56.2 cm³/mol. The molecule has 1 aromatic heterocycles. The highest BCUT2D eigenvalue weighted by Gasteiger charge is 2.49. The fourth-order valence-corrected chi connectivity index (χ4v) is 1.33. The predicted octanol–water partition coefficient (Wildman–Crippen LogP) is 1.95. The van der Waals surface area contributed by atoms with E-state index < -0.39 is 28.2 Å². The highest BCUT2D eigenvalue weighted by atomic mass is 19.3. The molecule has 0 atom stereocenters. The van der Waals surface area contributed by atoms with Crippen molar-refractivity contribution in [2.24, 2.45) is 0 Å². The van der Waals surface area contributed by atoms with E-state index in [1.165, 1.54) is 19.9 Å². The van der Waals surface area contributed by atoms with E-state index in [0.29, 0.717) is 0 Å². The Balaban J connectivity index is 3.36. The summed E-state index contributed by atoms with van der Waals surface area (Å²) in [5, 5.41) is 10.7. The van der Waals surface area contributed by atoms with Crippen molar-refractivity contribution in [1.29, 1.82) is 0 Å². The van der Waals surface area contributed by atoms with Gasteiger partial charge in [-0.15, -0.1) is 0 Å². The molecule has 98 valence electrons. The number of rotatable bonds is 4. The molecule has 0 aliphatic rings. The molecule has 0 saturated heterocycles. The van der Waals surface area contributed by atoms with E-state index in [9.17, 15) is 23.7 Å². The van der Waals surface area contributed by atoms with Gasteiger partial charge in [-0.2, -0.15) is 8.78 Å². The summed E-state index contributed by atoms with van der Waals surface area (Å²) < 4.78 is 31.6. The average molecular weight is 260 g/mol. The molecule has 0 spiro atoms. The second-order valence-electron chi connectivity index (χ2n) is 3.38. The van der Waals surface area contributed by atoms with Crippen molar-refractivity contribution in [3.8, 4) is 0 Å². The maximum absolute atomic E-state index is 13.7. The van der Waals surface area contributed by atoms with Crippen LogP contribution in [0.1, 0.15) is 18.2 Å². The molecular weight excluding hydrogens is 250 g/mol. The SMILES string of the molecule is CCOC(=O)C(F)(F)c1nccc(C)c1[N+](=O)[O-]. The van der Waals surface area contributed by atoms with Gasteiger partial charge >= 0.3 is 17.6 Å². The zero-order valence-electron chi connectivity index (χ0n) is 9.65. The standard InChI is InChI=1S/C10H10F2N2O4/c1-3-18-9(15)10(11,12)8-7(14(16)17)6(2)4-5-13-8/h4-5H,3H2,1-2H3. The van der Waals surface area contributed by atoms with Gasteiger partial charge in [-0.05, 0) is 19.9 Å². The van der Waals surface area contributed by atoms with Gasteiger partial charge in [0.05, 0.1) is 11.5 Å². The van der Waals surface area contributed by atoms with Crippen LogP contribution in [0.4, 0.5) is 14.5 Å². The first kappa shape index (κ1) is 13.9. The van der Waals surface area contributed by atoms with Gasteiger partial charge in [-0.25, -0.2) is 9.78 Å². The van der Waals surface area contributed by atoms with E-state index in [1.807, 2.05) is 0 Å². The molecule has 0 N–H and O–H groups in total. The molecule has 0 fully saturated rings. The van der Waals surface area contributed by atoms with E-state index in [0.717, 1.165) is 6.20 Å². The Bertz CT molecular complexity index is 491. The summed E-state index contributed by atoms with van der Waals surface area (Å²) in [6.07, 6.45) is 0.977. The van der Waals surface area contributed by atoms with Crippen molar-refractivity contribution in [3.63, 3.8) is 0 Å².